The van der Waals surface area contributed by atoms with Crippen molar-refractivity contribution in [2.24, 2.45) is 0 Å². The van der Waals surface area contributed by atoms with E-state index in [9.17, 15) is 4.79 Å². The molecule has 2 aliphatic rings. The van der Waals surface area contributed by atoms with Gasteiger partial charge in [0.15, 0.2) is 0 Å². The molecule has 2 aliphatic heterocycles. The maximum absolute atomic E-state index is 13.3. The number of fused-ring (bicyclic) bond motifs is 2. The molecule has 0 spiro atoms. The first kappa shape index (κ1) is 17.0. The normalized spacial score (nSPS) is 22.1. The minimum absolute atomic E-state index is 0.122. The number of hydrogen-bond donors (Lipinski definition) is 0. The van der Waals surface area contributed by atoms with Crippen LogP contribution in [0.3, 0.4) is 0 Å². The van der Waals surface area contributed by atoms with Gasteiger partial charge in [-0.05, 0) is 50.1 Å². The predicted octanol–water partition coefficient (Wildman–Crippen LogP) is 4.12. The van der Waals surface area contributed by atoms with Gasteiger partial charge in [-0.15, -0.1) is 0 Å². The fourth-order valence-electron chi connectivity index (χ4n) is 4.22. The van der Waals surface area contributed by atoms with Crippen LogP contribution in [0.25, 0.3) is 0 Å². The Balaban J connectivity index is 1.59. The summed E-state index contributed by atoms with van der Waals surface area (Å²) in [5.41, 5.74) is 3.25. The Bertz CT molecular complexity index is 784. The van der Waals surface area contributed by atoms with Gasteiger partial charge >= 0.3 is 0 Å². The highest BCUT2D eigenvalue weighted by molar-refractivity contribution is 5.95. The molecule has 3 nitrogen and oxygen atoms in total. The Morgan fingerprint density at radius 3 is 2.42 bits per heavy atom. The smallest absolute Gasteiger partial charge is 0.258 e. The standard InChI is InChI=1S/C23H26N2O/c1-24-20-12-13-21(24)17-22(16-20)25(15-14-18-8-4-2-5-9-18)23(26)19-10-6-3-7-11-19/h2-11,16,20-21H,12-15,17H2,1H3/t20-,21+/m1/s1. The summed E-state index contributed by atoms with van der Waals surface area (Å²) in [7, 11) is 2.21. The minimum Gasteiger partial charge on any atom is -0.312 e. The van der Waals surface area contributed by atoms with Crippen LogP contribution in [0.15, 0.2) is 72.4 Å². The molecule has 1 fully saturated rings. The topological polar surface area (TPSA) is 23.6 Å². The lowest BCUT2D eigenvalue weighted by atomic mass is 10.0. The summed E-state index contributed by atoms with van der Waals surface area (Å²) in [4.78, 5) is 17.7. The van der Waals surface area contributed by atoms with Crippen LogP contribution in [0.4, 0.5) is 0 Å². The van der Waals surface area contributed by atoms with Crippen molar-refractivity contribution < 1.29 is 4.79 Å². The SMILES string of the molecule is CN1[C@H]2CC[C@@H]1C=C(N(CCc1ccccc1)C(=O)c1ccccc1)C2. The first-order valence-electron chi connectivity index (χ1n) is 9.56. The van der Waals surface area contributed by atoms with Crippen LogP contribution in [0, 0.1) is 0 Å². The van der Waals surface area contributed by atoms with E-state index in [1.54, 1.807) is 0 Å². The van der Waals surface area contributed by atoms with Gasteiger partial charge in [0.2, 0.25) is 0 Å². The highest BCUT2D eigenvalue weighted by Gasteiger charge is 2.36. The molecule has 3 heteroatoms. The number of likely N-dealkylation sites (N-methyl/N-ethyl adjacent to an activating group) is 1. The van der Waals surface area contributed by atoms with E-state index in [0.717, 1.165) is 24.9 Å². The molecule has 26 heavy (non-hydrogen) atoms. The van der Waals surface area contributed by atoms with E-state index < -0.39 is 0 Å². The van der Waals surface area contributed by atoms with Gasteiger partial charge in [0.05, 0.1) is 0 Å². The summed E-state index contributed by atoms with van der Waals surface area (Å²) in [6.45, 7) is 0.729. The van der Waals surface area contributed by atoms with Crippen LogP contribution in [0.2, 0.25) is 0 Å². The molecule has 2 atom stereocenters. The van der Waals surface area contributed by atoms with Crippen molar-refractivity contribution in [1.82, 2.24) is 9.80 Å². The van der Waals surface area contributed by atoms with E-state index in [4.69, 9.17) is 0 Å². The van der Waals surface area contributed by atoms with Crippen molar-refractivity contribution in [3.63, 3.8) is 0 Å². The van der Waals surface area contributed by atoms with Gasteiger partial charge in [0, 0.05) is 36.3 Å². The van der Waals surface area contributed by atoms with E-state index in [2.05, 4.69) is 42.3 Å². The third-order valence-electron chi connectivity index (χ3n) is 5.80. The maximum atomic E-state index is 13.3. The lowest BCUT2D eigenvalue weighted by Crippen LogP contribution is -2.41. The van der Waals surface area contributed by atoms with Gasteiger partial charge < -0.3 is 4.90 Å². The van der Waals surface area contributed by atoms with Crippen LogP contribution in [-0.2, 0) is 6.42 Å². The van der Waals surface area contributed by atoms with Crippen molar-refractivity contribution >= 4 is 5.91 Å². The third kappa shape index (κ3) is 3.45. The van der Waals surface area contributed by atoms with Gasteiger partial charge in [-0.3, -0.25) is 9.69 Å². The molecule has 4 rings (SSSR count). The lowest BCUT2D eigenvalue weighted by Gasteiger charge is -2.35. The Labute approximate surface area is 155 Å². The van der Waals surface area contributed by atoms with E-state index in [-0.39, 0.29) is 5.91 Å². The Morgan fingerprint density at radius 1 is 1.04 bits per heavy atom. The molecule has 0 radical (unpaired) electrons. The highest BCUT2D eigenvalue weighted by atomic mass is 16.2. The van der Waals surface area contributed by atoms with E-state index in [0.29, 0.717) is 12.1 Å². The number of carbonyl (C=O) groups is 1. The molecule has 0 aromatic heterocycles. The minimum atomic E-state index is 0.122. The number of benzene rings is 2. The first-order chi connectivity index (χ1) is 12.7. The van der Waals surface area contributed by atoms with Gasteiger partial charge in [0.1, 0.15) is 0 Å². The van der Waals surface area contributed by atoms with Crippen LogP contribution >= 0.6 is 0 Å². The number of carbonyl (C=O) groups excluding carboxylic acids is 1. The molecule has 134 valence electrons. The van der Waals surface area contributed by atoms with E-state index in [1.807, 2.05) is 41.3 Å². The largest absolute Gasteiger partial charge is 0.312 e. The molecule has 0 aliphatic carbocycles. The zero-order valence-electron chi connectivity index (χ0n) is 15.3. The van der Waals surface area contributed by atoms with Gasteiger partial charge in [-0.1, -0.05) is 48.5 Å². The molecule has 0 saturated carbocycles. The molecule has 2 aromatic carbocycles. The molecular formula is C23H26N2O. The monoisotopic (exact) mass is 346 g/mol. The van der Waals surface area contributed by atoms with Crippen molar-refractivity contribution in [3.8, 4) is 0 Å². The lowest BCUT2D eigenvalue weighted by molar-refractivity contribution is 0.0787. The van der Waals surface area contributed by atoms with Crippen molar-refractivity contribution in [2.75, 3.05) is 13.6 Å². The predicted molar refractivity (Wildman–Crippen MR) is 105 cm³/mol. The second-order valence-electron chi connectivity index (χ2n) is 7.38. The summed E-state index contributed by atoms with van der Waals surface area (Å²) in [5.74, 6) is 0.122. The van der Waals surface area contributed by atoms with E-state index in [1.165, 1.54) is 24.1 Å². The fourth-order valence-corrected chi connectivity index (χ4v) is 4.22. The van der Waals surface area contributed by atoms with Crippen LogP contribution < -0.4 is 0 Å². The second-order valence-corrected chi connectivity index (χ2v) is 7.38. The molecule has 0 N–H and O–H groups in total. The molecule has 0 unspecified atom stereocenters. The quantitative estimate of drug-likeness (QED) is 0.813. The number of rotatable bonds is 5. The van der Waals surface area contributed by atoms with Gasteiger partial charge in [-0.2, -0.15) is 0 Å². The van der Waals surface area contributed by atoms with Crippen LogP contribution in [0.1, 0.15) is 35.2 Å². The Hall–Kier alpha value is -2.39. The number of amides is 1. The van der Waals surface area contributed by atoms with Crippen LogP contribution in [0.5, 0.6) is 0 Å². The van der Waals surface area contributed by atoms with Crippen LogP contribution in [-0.4, -0.2) is 41.4 Å². The summed E-state index contributed by atoms with van der Waals surface area (Å²) in [6.07, 6.45) is 6.61. The maximum Gasteiger partial charge on any atom is 0.258 e. The zero-order chi connectivity index (χ0) is 17.9. The van der Waals surface area contributed by atoms with Gasteiger partial charge in [-0.25, -0.2) is 0 Å². The second kappa shape index (κ2) is 7.46. The summed E-state index contributed by atoms with van der Waals surface area (Å²) in [5, 5.41) is 0. The first-order valence-corrected chi connectivity index (χ1v) is 9.56. The molecule has 2 bridgehead atoms. The van der Waals surface area contributed by atoms with Gasteiger partial charge in [0.25, 0.3) is 5.91 Å². The average Bonchev–Trinajstić information content (AvgIpc) is 2.90. The molecule has 1 amide bonds. The fraction of sp³-hybridized carbons (Fsp3) is 0.348. The molecular weight excluding hydrogens is 320 g/mol. The summed E-state index contributed by atoms with van der Waals surface area (Å²) < 4.78 is 0. The highest BCUT2D eigenvalue weighted by Crippen LogP contribution is 2.35. The van der Waals surface area contributed by atoms with E-state index >= 15 is 0 Å². The third-order valence-corrected chi connectivity index (χ3v) is 5.80. The summed E-state index contributed by atoms with van der Waals surface area (Å²) >= 11 is 0. The number of hydrogen-bond acceptors (Lipinski definition) is 2. The molecule has 2 heterocycles. The zero-order valence-corrected chi connectivity index (χ0v) is 15.3. The Kier molecular flexibility index (Phi) is 4.89. The number of nitrogens with zero attached hydrogens (tertiary/aromatic N) is 2. The average molecular weight is 346 g/mol. The van der Waals surface area contributed by atoms with Crippen molar-refractivity contribution in [1.29, 1.82) is 0 Å². The molecule has 2 aromatic rings. The van der Waals surface area contributed by atoms with Crippen molar-refractivity contribution in [2.45, 2.75) is 37.8 Å². The van der Waals surface area contributed by atoms with Crippen molar-refractivity contribution in [3.05, 3.63) is 83.6 Å². The summed E-state index contributed by atoms with van der Waals surface area (Å²) in [6, 6.07) is 21.2. The Morgan fingerprint density at radius 2 is 1.73 bits per heavy atom. The molecule has 1 saturated heterocycles.